The minimum absolute atomic E-state index is 0.222. The van der Waals surface area contributed by atoms with Gasteiger partial charge >= 0.3 is 0 Å². The van der Waals surface area contributed by atoms with Crippen molar-refractivity contribution < 1.29 is 0 Å². The highest BCUT2D eigenvalue weighted by Gasteiger charge is 2.41. The molecule has 0 aromatic heterocycles. The Balaban J connectivity index is 1.67. The molecule has 1 saturated heterocycles. The van der Waals surface area contributed by atoms with Crippen LogP contribution in [0.15, 0.2) is 4.99 Å². The van der Waals surface area contributed by atoms with Crippen LogP contribution in [0.3, 0.4) is 0 Å². The highest BCUT2D eigenvalue weighted by Crippen LogP contribution is 2.40. The van der Waals surface area contributed by atoms with Gasteiger partial charge < -0.3 is 5.32 Å². The predicted molar refractivity (Wildman–Crippen MR) is 84.9 cm³/mol. The molecule has 2 nitrogen and oxygen atoms in total. The van der Waals surface area contributed by atoms with E-state index in [4.69, 9.17) is 4.99 Å². The number of thioether (sulfide) groups is 1. The second-order valence-electron chi connectivity index (χ2n) is 7.37. The monoisotopic (exact) mass is 280 g/mol. The second kappa shape index (κ2) is 5.31. The van der Waals surface area contributed by atoms with Gasteiger partial charge in [0.1, 0.15) is 0 Å². The summed E-state index contributed by atoms with van der Waals surface area (Å²) in [5.74, 6) is 2.12. The first-order valence-corrected chi connectivity index (χ1v) is 9.09. The summed E-state index contributed by atoms with van der Waals surface area (Å²) in [6.45, 7) is 4.76. The molecule has 0 amide bonds. The normalized spacial score (nSPS) is 40.5. The molecular formula is C16H28N2S. The lowest BCUT2D eigenvalue weighted by Gasteiger charge is -2.36. The van der Waals surface area contributed by atoms with E-state index in [1.165, 1.54) is 68.7 Å². The molecule has 2 unspecified atom stereocenters. The Morgan fingerprint density at radius 1 is 1.16 bits per heavy atom. The Morgan fingerprint density at radius 3 is 2.68 bits per heavy atom. The minimum atomic E-state index is 0.222. The highest BCUT2D eigenvalue weighted by atomic mass is 32.2. The van der Waals surface area contributed by atoms with Crippen molar-refractivity contribution in [1.82, 2.24) is 5.32 Å². The fourth-order valence-corrected chi connectivity index (χ4v) is 5.46. The standard InChI is InChI=1S/C16H28N2S/c1-13-7-6-10-16(11-13)12-19-14(18-16)17-15(2)8-4-3-5-9-15/h13H,3-12H2,1-2H3,(H,17,18). The lowest BCUT2D eigenvalue weighted by molar-refractivity contribution is 0.241. The summed E-state index contributed by atoms with van der Waals surface area (Å²) in [7, 11) is 0. The highest BCUT2D eigenvalue weighted by molar-refractivity contribution is 8.14. The fraction of sp³-hybridized carbons (Fsp3) is 0.938. The molecule has 19 heavy (non-hydrogen) atoms. The molecule has 1 heterocycles. The van der Waals surface area contributed by atoms with Crippen LogP contribution in [-0.2, 0) is 0 Å². The topological polar surface area (TPSA) is 24.4 Å². The van der Waals surface area contributed by atoms with E-state index in [-0.39, 0.29) is 5.54 Å². The molecule has 0 aromatic rings. The van der Waals surface area contributed by atoms with Gasteiger partial charge in [0.05, 0.1) is 5.54 Å². The first-order valence-electron chi connectivity index (χ1n) is 8.10. The number of hydrogen-bond acceptors (Lipinski definition) is 2. The summed E-state index contributed by atoms with van der Waals surface area (Å²) in [6.07, 6.45) is 12.2. The van der Waals surface area contributed by atoms with Gasteiger partial charge in [0, 0.05) is 11.3 Å². The number of aliphatic imine (C=N–C) groups is 1. The zero-order valence-corrected chi connectivity index (χ0v) is 13.3. The number of nitrogens with zero attached hydrogens (tertiary/aromatic N) is 1. The number of amidine groups is 1. The van der Waals surface area contributed by atoms with Crippen molar-refractivity contribution in [3.05, 3.63) is 0 Å². The van der Waals surface area contributed by atoms with Crippen molar-refractivity contribution in [2.45, 2.75) is 82.7 Å². The molecule has 3 aliphatic rings. The van der Waals surface area contributed by atoms with Crippen LogP contribution in [0.2, 0.25) is 0 Å². The maximum Gasteiger partial charge on any atom is 0.157 e. The molecule has 0 bridgehead atoms. The fourth-order valence-electron chi connectivity index (χ4n) is 4.14. The summed E-state index contributed by atoms with van der Waals surface area (Å²) in [4.78, 5) is 5.11. The second-order valence-corrected chi connectivity index (χ2v) is 8.33. The maximum atomic E-state index is 5.11. The first-order chi connectivity index (χ1) is 9.09. The van der Waals surface area contributed by atoms with E-state index in [0.717, 1.165) is 5.92 Å². The molecule has 2 saturated carbocycles. The van der Waals surface area contributed by atoms with Crippen LogP contribution in [0.1, 0.15) is 71.6 Å². The van der Waals surface area contributed by atoms with Crippen LogP contribution in [0, 0.1) is 5.92 Å². The van der Waals surface area contributed by atoms with Crippen molar-refractivity contribution >= 4 is 16.9 Å². The summed E-state index contributed by atoms with van der Waals surface area (Å²) >= 11 is 1.98. The van der Waals surface area contributed by atoms with E-state index >= 15 is 0 Å². The summed E-state index contributed by atoms with van der Waals surface area (Å²) in [5.41, 5.74) is 0.603. The van der Waals surface area contributed by atoms with Gasteiger partial charge in [0.2, 0.25) is 0 Å². The molecule has 3 rings (SSSR count). The lowest BCUT2D eigenvalue weighted by Crippen LogP contribution is -2.47. The molecule has 1 aliphatic heterocycles. The number of nitrogens with one attached hydrogen (secondary N) is 1. The van der Waals surface area contributed by atoms with Gasteiger partial charge in [-0.2, -0.15) is 0 Å². The van der Waals surface area contributed by atoms with Crippen molar-refractivity contribution in [2.75, 3.05) is 5.75 Å². The average molecular weight is 280 g/mol. The Morgan fingerprint density at radius 2 is 1.95 bits per heavy atom. The average Bonchev–Trinajstić information content (AvgIpc) is 2.71. The van der Waals surface area contributed by atoms with Gasteiger partial charge in [-0.15, -0.1) is 0 Å². The van der Waals surface area contributed by atoms with Crippen LogP contribution < -0.4 is 5.32 Å². The van der Waals surface area contributed by atoms with E-state index < -0.39 is 0 Å². The lowest BCUT2D eigenvalue weighted by atomic mass is 9.78. The van der Waals surface area contributed by atoms with Gasteiger partial charge in [0.15, 0.2) is 5.17 Å². The summed E-state index contributed by atoms with van der Waals surface area (Å²) in [6, 6.07) is 0. The molecule has 3 fully saturated rings. The van der Waals surface area contributed by atoms with Crippen molar-refractivity contribution in [2.24, 2.45) is 10.9 Å². The van der Waals surface area contributed by atoms with Gasteiger partial charge in [-0.1, -0.05) is 50.8 Å². The molecule has 0 radical (unpaired) electrons. The van der Waals surface area contributed by atoms with Crippen LogP contribution in [0.25, 0.3) is 0 Å². The zero-order chi connectivity index (χ0) is 13.3. The quantitative estimate of drug-likeness (QED) is 0.772. The molecule has 2 aliphatic carbocycles. The van der Waals surface area contributed by atoms with Crippen LogP contribution in [0.4, 0.5) is 0 Å². The largest absolute Gasteiger partial charge is 0.359 e. The van der Waals surface area contributed by atoms with E-state index in [0.29, 0.717) is 5.54 Å². The smallest absolute Gasteiger partial charge is 0.157 e. The van der Waals surface area contributed by atoms with E-state index in [9.17, 15) is 0 Å². The van der Waals surface area contributed by atoms with Gasteiger partial charge in [0.25, 0.3) is 0 Å². The SMILES string of the molecule is CC1CCCC2(CSC(=NC3(C)CCCCC3)N2)C1. The third kappa shape index (κ3) is 3.12. The molecule has 1 spiro atoms. The number of hydrogen-bond donors (Lipinski definition) is 1. The van der Waals surface area contributed by atoms with Crippen LogP contribution in [-0.4, -0.2) is 22.0 Å². The molecule has 3 heteroatoms. The van der Waals surface area contributed by atoms with Crippen LogP contribution >= 0.6 is 11.8 Å². The van der Waals surface area contributed by atoms with Gasteiger partial charge in [-0.3, -0.25) is 4.99 Å². The van der Waals surface area contributed by atoms with Crippen LogP contribution in [0.5, 0.6) is 0 Å². The van der Waals surface area contributed by atoms with Crippen molar-refractivity contribution in [3.8, 4) is 0 Å². The maximum absolute atomic E-state index is 5.11. The zero-order valence-electron chi connectivity index (χ0n) is 12.5. The van der Waals surface area contributed by atoms with Crippen molar-refractivity contribution in [1.29, 1.82) is 0 Å². The molecule has 2 atom stereocenters. The third-order valence-corrected chi connectivity index (χ3v) is 6.41. The molecular weight excluding hydrogens is 252 g/mol. The summed E-state index contributed by atoms with van der Waals surface area (Å²) in [5, 5.41) is 5.07. The Bertz CT molecular complexity index is 360. The Hall–Kier alpha value is -0.180. The van der Waals surface area contributed by atoms with Crippen molar-refractivity contribution in [3.63, 3.8) is 0 Å². The number of rotatable bonds is 1. The van der Waals surface area contributed by atoms with E-state index in [1.54, 1.807) is 0 Å². The van der Waals surface area contributed by atoms with Gasteiger partial charge in [-0.25, -0.2) is 0 Å². The Labute approximate surface area is 122 Å². The first kappa shape index (κ1) is 13.8. The molecule has 0 aromatic carbocycles. The van der Waals surface area contributed by atoms with E-state index in [1.807, 2.05) is 11.8 Å². The minimum Gasteiger partial charge on any atom is -0.359 e. The molecule has 108 valence electrons. The Kier molecular flexibility index (Phi) is 3.85. The third-order valence-electron chi connectivity index (χ3n) is 5.25. The van der Waals surface area contributed by atoms with E-state index in [2.05, 4.69) is 19.2 Å². The molecule has 1 N–H and O–H groups in total. The predicted octanol–water partition coefficient (Wildman–Crippen LogP) is 4.35. The summed E-state index contributed by atoms with van der Waals surface area (Å²) < 4.78 is 0. The van der Waals surface area contributed by atoms with Gasteiger partial charge in [-0.05, 0) is 38.5 Å².